The standard InChI is InChI=1S/C11H14OS2/c1-13-6-5-9(12)11-7-8-3-2-4-10(8)14-11/h7H,2-6H2,1H3. The normalized spacial score (nSPS) is 14.4. The largest absolute Gasteiger partial charge is 0.293 e. The van der Waals surface area contributed by atoms with Crippen LogP contribution in [0.1, 0.15) is 33.0 Å². The molecule has 3 heteroatoms. The van der Waals surface area contributed by atoms with Gasteiger partial charge in [0.1, 0.15) is 0 Å². The molecule has 0 fully saturated rings. The van der Waals surface area contributed by atoms with Crippen LogP contribution in [0.3, 0.4) is 0 Å². The van der Waals surface area contributed by atoms with E-state index in [4.69, 9.17) is 0 Å². The Morgan fingerprint density at radius 1 is 1.57 bits per heavy atom. The van der Waals surface area contributed by atoms with Crippen LogP contribution in [-0.2, 0) is 12.8 Å². The number of carbonyl (C=O) groups is 1. The van der Waals surface area contributed by atoms with E-state index in [1.54, 1.807) is 23.1 Å². The van der Waals surface area contributed by atoms with E-state index < -0.39 is 0 Å². The molecular weight excluding hydrogens is 212 g/mol. The minimum Gasteiger partial charge on any atom is -0.293 e. The third-order valence-electron chi connectivity index (χ3n) is 2.55. The van der Waals surface area contributed by atoms with Crippen LogP contribution in [-0.4, -0.2) is 17.8 Å². The summed E-state index contributed by atoms with van der Waals surface area (Å²) < 4.78 is 0. The quantitative estimate of drug-likeness (QED) is 0.734. The predicted molar refractivity (Wildman–Crippen MR) is 63.7 cm³/mol. The van der Waals surface area contributed by atoms with Gasteiger partial charge in [-0.1, -0.05) is 0 Å². The Kier molecular flexibility index (Phi) is 3.29. The first-order valence-electron chi connectivity index (χ1n) is 4.95. The van der Waals surface area contributed by atoms with Gasteiger partial charge in [-0.2, -0.15) is 11.8 Å². The van der Waals surface area contributed by atoms with Crippen molar-refractivity contribution in [1.29, 1.82) is 0 Å². The van der Waals surface area contributed by atoms with Crippen LogP contribution < -0.4 is 0 Å². The van der Waals surface area contributed by atoms with Crippen LogP contribution >= 0.6 is 23.1 Å². The molecule has 0 N–H and O–H groups in total. The summed E-state index contributed by atoms with van der Waals surface area (Å²) in [6, 6.07) is 2.12. The van der Waals surface area contributed by atoms with Crippen LogP contribution in [0.25, 0.3) is 0 Å². The second-order valence-electron chi connectivity index (χ2n) is 3.58. The van der Waals surface area contributed by atoms with Gasteiger partial charge in [0.05, 0.1) is 4.88 Å². The highest BCUT2D eigenvalue weighted by molar-refractivity contribution is 7.98. The molecule has 0 radical (unpaired) electrons. The third-order valence-corrected chi connectivity index (χ3v) is 4.45. The summed E-state index contributed by atoms with van der Waals surface area (Å²) in [5.41, 5.74) is 1.43. The molecular formula is C11H14OS2. The molecule has 0 atom stereocenters. The molecule has 0 amide bonds. The van der Waals surface area contributed by atoms with Crippen molar-refractivity contribution in [2.45, 2.75) is 25.7 Å². The van der Waals surface area contributed by atoms with Crippen molar-refractivity contribution in [2.75, 3.05) is 12.0 Å². The van der Waals surface area contributed by atoms with Crippen molar-refractivity contribution in [1.82, 2.24) is 0 Å². The van der Waals surface area contributed by atoms with Gasteiger partial charge in [-0.3, -0.25) is 4.79 Å². The minimum atomic E-state index is 0.332. The Balaban J connectivity index is 2.06. The molecule has 0 aliphatic heterocycles. The van der Waals surface area contributed by atoms with Gasteiger partial charge in [-0.25, -0.2) is 0 Å². The smallest absolute Gasteiger partial charge is 0.173 e. The van der Waals surface area contributed by atoms with Crippen molar-refractivity contribution < 1.29 is 4.79 Å². The van der Waals surface area contributed by atoms with Gasteiger partial charge < -0.3 is 0 Å². The monoisotopic (exact) mass is 226 g/mol. The molecule has 1 heterocycles. The number of Topliss-reactive ketones (excluding diaryl/α,β-unsaturated/α-hetero) is 1. The fourth-order valence-corrected chi connectivity index (χ4v) is 3.39. The lowest BCUT2D eigenvalue weighted by atomic mass is 10.2. The van der Waals surface area contributed by atoms with E-state index in [0.29, 0.717) is 12.2 Å². The van der Waals surface area contributed by atoms with Gasteiger partial charge in [0, 0.05) is 17.1 Å². The zero-order chi connectivity index (χ0) is 9.97. The van der Waals surface area contributed by atoms with Crippen LogP contribution in [0.5, 0.6) is 0 Å². The molecule has 1 aromatic rings. The summed E-state index contributed by atoms with van der Waals surface area (Å²) in [6.07, 6.45) is 6.39. The Morgan fingerprint density at radius 3 is 3.14 bits per heavy atom. The first-order valence-corrected chi connectivity index (χ1v) is 7.16. The lowest BCUT2D eigenvalue weighted by Crippen LogP contribution is -1.97. The lowest BCUT2D eigenvalue weighted by molar-refractivity contribution is 0.0993. The summed E-state index contributed by atoms with van der Waals surface area (Å²) in [5, 5.41) is 0. The Hall–Kier alpha value is -0.280. The molecule has 0 spiro atoms. The predicted octanol–water partition coefficient (Wildman–Crippen LogP) is 3.17. The first kappa shape index (κ1) is 10.2. The third kappa shape index (κ3) is 2.04. The number of rotatable bonds is 4. The van der Waals surface area contributed by atoms with E-state index in [2.05, 4.69) is 6.07 Å². The molecule has 0 saturated heterocycles. The second-order valence-corrected chi connectivity index (χ2v) is 5.70. The van der Waals surface area contributed by atoms with Crippen LogP contribution in [0.15, 0.2) is 6.07 Å². The Bertz CT molecular complexity index is 320. The zero-order valence-corrected chi connectivity index (χ0v) is 9.97. The molecule has 0 unspecified atom stereocenters. The number of ketones is 1. The Morgan fingerprint density at radius 2 is 2.43 bits per heavy atom. The summed E-state index contributed by atoms with van der Waals surface area (Å²) in [6.45, 7) is 0. The molecule has 1 aliphatic rings. The number of aryl methyl sites for hydroxylation is 2. The van der Waals surface area contributed by atoms with Gasteiger partial charge in [0.2, 0.25) is 0 Å². The molecule has 14 heavy (non-hydrogen) atoms. The van der Waals surface area contributed by atoms with Crippen LogP contribution in [0, 0.1) is 0 Å². The molecule has 1 aliphatic carbocycles. The van der Waals surface area contributed by atoms with Crippen molar-refractivity contribution in [3.8, 4) is 0 Å². The average Bonchev–Trinajstić information content (AvgIpc) is 2.72. The maximum atomic E-state index is 11.7. The van der Waals surface area contributed by atoms with Crippen molar-refractivity contribution in [3.05, 3.63) is 21.4 Å². The van der Waals surface area contributed by atoms with Gasteiger partial charge in [-0.15, -0.1) is 11.3 Å². The highest BCUT2D eigenvalue weighted by atomic mass is 32.2. The summed E-state index contributed by atoms with van der Waals surface area (Å²) in [4.78, 5) is 14.2. The average molecular weight is 226 g/mol. The summed E-state index contributed by atoms with van der Waals surface area (Å²) >= 11 is 3.46. The van der Waals surface area contributed by atoms with Gasteiger partial charge in [-0.05, 0) is 37.1 Å². The van der Waals surface area contributed by atoms with Gasteiger partial charge in [0.15, 0.2) is 5.78 Å². The highest BCUT2D eigenvalue weighted by Crippen LogP contribution is 2.31. The SMILES string of the molecule is CSCCC(=O)c1cc2c(s1)CCC2. The number of hydrogen-bond donors (Lipinski definition) is 0. The molecule has 0 bridgehead atoms. The van der Waals surface area contributed by atoms with Crippen molar-refractivity contribution >= 4 is 28.9 Å². The van der Waals surface area contributed by atoms with E-state index >= 15 is 0 Å². The van der Waals surface area contributed by atoms with E-state index in [1.165, 1.54) is 29.7 Å². The van der Waals surface area contributed by atoms with E-state index in [9.17, 15) is 4.79 Å². The second kappa shape index (κ2) is 4.49. The maximum Gasteiger partial charge on any atom is 0.173 e. The molecule has 0 aromatic carbocycles. The Labute approximate surface area is 92.9 Å². The summed E-state index contributed by atoms with van der Waals surface area (Å²) in [7, 11) is 0. The summed E-state index contributed by atoms with van der Waals surface area (Å²) in [5.74, 6) is 1.28. The van der Waals surface area contributed by atoms with E-state index in [0.717, 1.165) is 10.6 Å². The maximum absolute atomic E-state index is 11.7. The molecule has 76 valence electrons. The van der Waals surface area contributed by atoms with Crippen molar-refractivity contribution in [2.24, 2.45) is 0 Å². The molecule has 2 rings (SSSR count). The van der Waals surface area contributed by atoms with Crippen LogP contribution in [0.2, 0.25) is 0 Å². The van der Waals surface area contributed by atoms with Gasteiger partial charge in [0.25, 0.3) is 0 Å². The number of hydrogen-bond acceptors (Lipinski definition) is 3. The van der Waals surface area contributed by atoms with Crippen molar-refractivity contribution in [3.63, 3.8) is 0 Å². The molecule has 1 aromatic heterocycles. The fraction of sp³-hybridized carbons (Fsp3) is 0.545. The topological polar surface area (TPSA) is 17.1 Å². The van der Waals surface area contributed by atoms with Crippen LogP contribution in [0.4, 0.5) is 0 Å². The van der Waals surface area contributed by atoms with E-state index in [1.807, 2.05) is 6.26 Å². The molecule has 1 nitrogen and oxygen atoms in total. The zero-order valence-electron chi connectivity index (χ0n) is 8.34. The number of fused-ring (bicyclic) bond motifs is 1. The van der Waals surface area contributed by atoms with E-state index in [-0.39, 0.29) is 0 Å². The number of thioether (sulfide) groups is 1. The fourth-order valence-electron chi connectivity index (χ4n) is 1.78. The number of thiophene rings is 1. The van der Waals surface area contributed by atoms with Gasteiger partial charge >= 0.3 is 0 Å². The molecule has 0 saturated carbocycles. The minimum absolute atomic E-state index is 0.332. The number of carbonyl (C=O) groups excluding carboxylic acids is 1. The first-order chi connectivity index (χ1) is 6.81. The lowest BCUT2D eigenvalue weighted by Gasteiger charge is -1.95. The highest BCUT2D eigenvalue weighted by Gasteiger charge is 2.17.